The van der Waals surface area contributed by atoms with Crippen molar-refractivity contribution in [3.05, 3.63) is 0 Å². The van der Waals surface area contributed by atoms with Gasteiger partial charge in [0.1, 0.15) is 0 Å². The van der Waals surface area contributed by atoms with Crippen molar-refractivity contribution < 1.29 is 24.5 Å². The number of nitrogens with one attached hydrogen (secondary N) is 1. The standard InChI is InChI=1S/C13H23NO5/c15-12(16)10-1-3-13(17,4-2-10)9-14-7-11-8-18-5-6-19-11/h10-11,14,17H,1-9H2,(H,15,16). The van der Waals surface area contributed by atoms with E-state index in [-0.39, 0.29) is 12.0 Å². The van der Waals surface area contributed by atoms with Crippen molar-refractivity contribution in [1.29, 1.82) is 0 Å². The van der Waals surface area contributed by atoms with Gasteiger partial charge in [-0.25, -0.2) is 0 Å². The Bertz CT molecular complexity index is 295. The molecule has 2 aliphatic rings. The SMILES string of the molecule is O=C(O)C1CCC(O)(CNCC2COCCO2)CC1. The quantitative estimate of drug-likeness (QED) is 0.653. The third-order valence-electron chi connectivity index (χ3n) is 3.98. The molecule has 0 spiro atoms. The third kappa shape index (κ3) is 4.42. The Morgan fingerprint density at radius 1 is 1.32 bits per heavy atom. The van der Waals surface area contributed by atoms with Crippen LogP contribution in [0.25, 0.3) is 0 Å². The Morgan fingerprint density at radius 2 is 2.05 bits per heavy atom. The van der Waals surface area contributed by atoms with Gasteiger partial charge in [0.2, 0.25) is 0 Å². The van der Waals surface area contributed by atoms with Crippen LogP contribution in [-0.4, -0.2) is 60.8 Å². The number of carboxylic acids is 1. The lowest BCUT2D eigenvalue weighted by atomic mass is 9.79. The fraction of sp³-hybridized carbons (Fsp3) is 0.923. The molecule has 6 nitrogen and oxygen atoms in total. The first-order valence-electron chi connectivity index (χ1n) is 6.94. The van der Waals surface area contributed by atoms with Crippen molar-refractivity contribution in [1.82, 2.24) is 5.32 Å². The number of hydrogen-bond acceptors (Lipinski definition) is 5. The van der Waals surface area contributed by atoms with Crippen LogP contribution < -0.4 is 5.32 Å². The molecule has 0 aromatic rings. The maximum absolute atomic E-state index is 10.9. The summed E-state index contributed by atoms with van der Waals surface area (Å²) in [6.07, 6.45) is 2.23. The van der Waals surface area contributed by atoms with E-state index >= 15 is 0 Å². The fourth-order valence-corrected chi connectivity index (χ4v) is 2.70. The zero-order valence-corrected chi connectivity index (χ0v) is 11.1. The first-order valence-corrected chi connectivity index (χ1v) is 6.94. The summed E-state index contributed by atoms with van der Waals surface area (Å²) in [6.45, 7) is 3.00. The van der Waals surface area contributed by atoms with Crippen LogP contribution >= 0.6 is 0 Å². The van der Waals surface area contributed by atoms with Crippen LogP contribution in [0.2, 0.25) is 0 Å². The van der Waals surface area contributed by atoms with Gasteiger partial charge >= 0.3 is 5.97 Å². The van der Waals surface area contributed by atoms with Crippen molar-refractivity contribution >= 4 is 5.97 Å². The molecule has 1 saturated heterocycles. The molecule has 1 heterocycles. The van der Waals surface area contributed by atoms with Crippen molar-refractivity contribution in [2.24, 2.45) is 5.92 Å². The maximum Gasteiger partial charge on any atom is 0.306 e. The molecule has 2 fully saturated rings. The van der Waals surface area contributed by atoms with Crippen molar-refractivity contribution in [3.63, 3.8) is 0 Å². The van der Waals surface area contributed by atoms with E-state index in [1.54, 1.807) is 0 Å². The van der Waals surface area contributed by atoms with Gasteiger partial charge in [-0.2, -0.15) is 0 Å². The average Bonchev–Trinajstić information content (AvgIpc) is 2.40. The highest BCUT2D eigenvalue weighted by Gasteiger charge is 2.35. The molecule has 0 aromatic heterocycles. The molecule has 110 valence electrons. The molecule has 6 heteroatoms. The molecule has 19 heavy (non-hydrogen) atoms. The predicted molar refractivity (Wildman–Crippen MR) is 68.0 cm³/mol. The van der Waals surface area contributed by atoms with Crippen LogP contribution in [0.1, 0.15) is 25.7 Å². The number of hydrogen-bond donors (Lipinski definition) is 3. The van der Waals surface area contributed by atoms with Crippen LogP contribution in [0.5, 0.6) is 0 Å². The molecule has 1 aliphatic carbocycles. The number of carboxylic acid groups (broad SMARTS) is 1. The molecule has 2 rings (SSSR count). The third-order valence-corrected chi connectivity index (χ3v) is 3.98. The van der Waals surface area contributed by atoms with Gasteiger partial charge in [0.15, 0.2) is 0 Å². The van der Waals surface area contributed by atoms with Crippen LogP contribution in [0.4, 0.5) is 0 Å². The normalized spacial score (nSPS) is 36.1. The minimum Gasteiger partial charge on any atom is -0.481 e. The summed E-state index contributed by atoms with van der Waals surface area (Å²) in [4.78, 5) is 10.9. The van der Waals surface area contributed by atoms with Crippen LogP contribution in [0, 0.1) is 5.92 Å². The Labute approximate surface area is 113 Å². The highest BCUT2D eigenvalue weighted by atomic mass is 16.6. The highest BCUT2D eigenvalue weighted by Crippen LogP contribution is 2.31. The molecule has 1 unspecified atom stereocenters. The van der Waals surface area contributed by atoms with E-state index in [9.17, 15) is 9.90 Å². The molecular formula is C13H23NO5. The van der Waals surface area contributed by atoms with E-state index in [0.29, 0.717) is 58.6 Å². The minimum atomic E-state index is -0.776. The smallest absolute Gasteiger partial charge is 0.306 e. The number of aliphatic hydroxyl groups is 1. The number of carbonyl (C=O) groups is 1. The van der Waals surface area contributed by atoms with Gasteiger partial charge in [-0.1, -0.05) is 0 Å². The molecule has 1 saturated carbocycles. The predicted octanol–water partition coefficient (Wildman–Crippen LogP) is -0.00270. The van der Waals surface area contributed by atoms with E-state index in [1.165, 1.54) is 0 Å². The van der Waals surface area contributed by atoms with Gasteiger partial charge in [0.25, 0.3) is 0 Å². The molecule has 1 atom stereocenters. The van der Waals surface area contributed by atoms with Crippen LogP contribution in [0.15, 0.2) is 0 Å². The van der Waals surface area contributed by atoms with Crippen LogP contribution in [-0.2, 0) is 14.3 Å². The van der Waals surface area contributed by atoms with Crippen LogP contribution in [0.3, 0.4) is 0 Å². The van der Waals surface area contributed by atoms with Crippen molar-refractivity contribution in [2.45, 2.75) is 37.4 Å². The summed E-state index contributed by atoms with van der Waals surface area (Å²) in [6, 6.07) is 0. The summed E-state index contributed by atoms with van der Waals surface area (Å²) in [5.74, 6) is -1.04. The second-order valence-electron chi connectivity index (χ2n) is 5.54. The highest BCUT2D eigenvalue weighted by molar-refractivity contribution is 5.70. The molecule has 3 N–H and O–H groups in total. The minimum absolute atomic E-state index is 0.0488. The number of ether oxygens (including phenoxy) is 2. The Morgan fingerprint density at radius 3 is 2.63 bits per heavy atom. The lowest BCUT2D eigenvalue weighted by Crippen LogP contribution is -2.47. The van der Waals surface area contributed by atoms with Gasteiger partial charge in [-0.15, -0.1) is 0 Å². The van der Waals surface area contributed by atoms with Gasteiger partial charge < -0.3 is 25.0 Å². The van der Waals surface area contributed by atoms with E-state index in [1.807, 2.05) is 0 Å². The molecule has 0 amide bonds. The van der Waals surface area contributed by atoms with Gasteiger partial charge in [0, 0.05) is 13.1 Å². The van der Waals surface area contributed by atoms with Crippen molar-refractivity contribution in [3.8, 4) is 0 Å². The second kappa shape index (κ2) is 6.65. The lowest BCUT2D eigenvalue weighted by Gasteiger charge is -2.35. The lowest BCUT2D eigenvalue weighted by molar-refractivity contribution is -0.144. The first kappa shape index (κ1) is 14.7. The van der Waals surface area contributed by atoms with E-state index < -0.39 is 11.6 Å². The van der Waals surface area contributed by atoms with Gasteiger partial charge in [-0.05, 0) is 25.7 Å². The Balaban J connectivity index is 1.66. The fourth-order valence-electron chi connectivity index (χ4n) is 2.70. The topological polar surface area (TPSA) is 88.0 Å². The van der Waals surface area contributed by atoms with Gasteiger partial charge in [-0.3, -0.25) is 4.79 Å². The van der Waals surface area contributed by atoms with Gasteiger partial charge in [0.05, 0.1) is 37.4 Å². The van der Waals surface area contributed by atoms with E-state index in [4.69, 9.17) is 14.6 Å². The van der Waals surface area contributed by atoms with Crippen molar-refractivity contribution in [2.75, 3.05) is 32.9 Å². The number of rotatable bonds is 5. The molecule has 0 bridgehead atoms. The Kier molecular flexibility index (Phi) is 5.15. The molecule has 0 radical (unpaired) electrons. The summed E-state index contributed by atoms with van der Waals surface area (Å²) in [7, 11) is 0. The van der Waals surface area contributed by atoms with E-state index in [2.05, 4.69) is 5.32 Å². The number of aliphatic carboxylic acids is 1. The monoisotopic (exact) mass is 273 g/mol. The summed E-state index contributed by atoms with van der Waals surface area (Å²) < 4.78 is 10.8. The molecule has 0 aromatic carbocycles. The largest absolute Gasteiger partial charge is 0.481 e. The molecular weight excluding hydrogens is 250 g/mol. The summed E-state index contributed by atoms with van der Waals surface area (Å²) >= 11 is 0. The zero-order valence-electron chi connectivity index (χ0n) is 11.1. The maximum atomic E-state index is 10.9. The average molecular weight is 273 g/mol. The second-order valence-corrected chi connectivity index (χ2v) is 5.54. The summed E-state index contributed by atoms with van der Waals surface area (Å²) in [5, 5.41) is 22.5. The zero-order chi connectivity index (χ0) is 13.7. The van der Waals surface area contributed by atoms with E-state index in [0.717, 1.165) is 0 Å². The summed E-state index contributed by atoms with van der Waals surface area (Å²) in [5.41, 5.74) is -0.776. The first-order chi connectivity index (χ1) is 9.09. The Hall–Kier alpha value is -0.690. The molecule has 1 aliphatic heterocycles.